The molecule has 1 saturated carbocycles. The Bertz CT molecular complexity index is 365. The molecule has 3 heteroatoms. The molecule has 0 bridgehead atoms. The third kappa shape index (κ3) is 2.70. The maximum Gasteiger partial charge on any atom is 0.128 e. The van der Waals surface area contributed by atoms with Crippen LogP contribution in [0.25, 0.3) is 0 Å². The molecule has 1 fully saturated rings. The van der Waals surface area contributed by atoms with Gasteiger partial charge in [-0.2, -0.15) is 0 Å². The van der Waals surface area contributed by atoms with Crippen molar-refractivity contribution in [3.8, 4) is 0 Å². The van der Waals surface area contributed by atoms with Gasteiger partial charge in [0.2, 0.25) is 0 Å². The summed E-state index contributed by atoms with van der Waals surface area (Å²) in [6.45, 7) is 0. The van der Waals surface area contributed by atoms with Gasteiger partial charge in [-0.05, 0) is 30.5 Å². The van der Waals surface area contributed by atoms with E-state index < -0.39 is 0 Å². The topological polar surface area (TPSA) is 0 Å². The molecule has 0 aromatic heterocycles. The largest absolute Gasteiger partial charge is 0.207 e. The lowest BCUT2D eigenvalue weighted by atomic mass is 9.91. The maximum absolute atomic E-state index is 13.8. The molecular weight excluding hydrogens is 246 g/mol. The Balaban J connectivity index is 2.27. The molecule has 1 aromatic rings. The molecule has 0 nitrogen and oxygen atoms in total. The highest BCUT2D eigenvalue weighted by atomic mass is 35.5. The second kappa shape index (κ2) is 5.37. The normalized spacial score (nSPS) is 26.4. The summed E-state index contributed by atoms with van der Waals surface area (Å²) in [5.41, 5.74) is 0.728. The molecule has 0 aliphatic heterocycles. The second-order valence-corrected chi connectivity index (χ2v) is 5.42. The van der Waals surface area contributed by atoms with Crippen molar-refractivity contribution < 1.29 is 4.39 Å². The fourth-order valence-electron chi connectivity index (χ4n) is 2.41. The van der Waals surface area contributed by atoms with Crippen molar-refractivity contribution in [2.24, 2.45) is 0 Å². The number of halogens is 3. The van der Waals surface area contributed by atoms with Crippen LogP contribution < -0.4 is 0 Å². The van der Waals surface area contributed by atoms with Crippen LogP contribution in [0.3, 0.4) is 0 Å². The smallest absolute Gasteiger partial charge is 0.128 e. The van der Waals surface area contributed by atoms with Crippen molar-refractivity contribution in [2.75, 3.05) is 0 Å². The first kappa shape index (κ1) is 12.2. The van der Waals surface area contributed by atoms with Gasteiger partial charge in [0.15, 0.2) is 0 Å². The first-order valence-corrected chi connectivity index (χ1v) is 6.59. The molecule has 1 aliphatic carbocycles. The van der Waals surface area contributed by atoms with E-state index in [-0.39, 0.29) is 17.1 Å². The highest BCUT2D eigenvalue weighted by Gasteiger charge is 2.25. The summed E-state index contributed by atoms with van der Waals surface area (Å²) in [6.07, 6.45) is 5.45. The van der Waals surface area contributed by atoms with Crippen LogP contribution in [0.15, 0.2) is 18.2 Å². The van der Waals surface area contributed by atoms with Gasteiger partial charge in [-0.3, -0.25) is 0 Å². The van der Waals surface area contributed by atoms with Gasteiger partial charge in [-0.15, -0.1) is 11.6 Å². The monoisotopic (exact) mass is 260 g/mol. The zero-order chi connectivity index (χ0) is 11.5. The summed E-state index contributed by atoms with van der Waals surface area (Å²) in [7, 11) is 0. The summed E-state index contributed by atoms with van der Waals surface area (Å²) < 4.78 is 13.8. The first-order chi connectivity index (χ1) is 7.68. The molecule has 0 radical (unpaired) electrons. The minimum absolute atomic E-state index is 0.0539. The highest BCUT2D eigenvalue weighted by Crippen LogP contribution is 2.36. The number of hydrogen-bond donors (Lipinski definition) is 0. The van der Waals surface area contributed by atoms with E-state index in [1.807, 2.05) is 0 Å². The Hall–Kier alpha value is -0.270. The molecule has 1 aromatic carbocycles. The van der Waals surface area contributed by atoms with Gasteiger partial charge in [0, 0.05) is 16.3 Å². The Kier molecular flexibility index (Phi) is 4.10. The average Bonchev–Trinajstić information content (AvgIpc) is 2.44. The molecule has 16 heavy (non-hydrogen) atoms. The molecule has 0 spiro atoms. The van der Waals surface area contributed by atoms with Crippen molar-refractivity contribution in [1.82, 2.24) is 0 Å². The number of hydrogen-bond acceptors (Lipinski definition) is 0. The molecule has 88 valence electrons. The summed E-state index contributed by atoms with van der Waals surface area (Å²) >= 11 is 12.1. The number of rotatable bonds is 1. The lowest BCUT2D eigenvalue weighted by molar-refractivity contribution is 0.541. The Morgan fingerprint density at radius 2 is 1.88 bits per heavy atom. The second-order valence-electron chi connectivity index (χ2n) is 4.43. The maximum atomic E-state index is 13.8. The standard InChI is InChI=1S/C13H15Cl2F/c14-9-6-7-11(13(16)8-9)10-4-2-1-3-5-12(10)15/h6-8,10,12H,1-5H2. The minimum atomic E-state index is -0.218. The molecule has 2 rings (SSSR count). The predicted octanol–water partition coefficient (Wildman–Crippen LogP) is 5.13. The van der Waals surface area contributed by atoms with E-state index in [0.717, 1.165) is 31.2 Å². The minimum Gasteiger partial charge on any atom is -0.207 e. The van der Waals surface area contributed by atoms with E-state index in [4.69, 9.17) is 23.2 Å². The van der Waals surface area contributed by atoms with Crippen LogP contribution in [-0.4, -0.2) is 5.38 Å². The fraction of sp³-hybridized carbons (Fsp3) is 0.538. The van der Waals surface area contributed by atoms with Gasteiger partial charge >= 0.3 is 0 Å². The van der Waals surface area contributed by atoms with Gasteiger partial charge in [0.05, 0.1) is 0 Å². The molecule has 0 heterocycles. The van der Waals surface area contributed by atoms with E-state index >= 15 is 0 Å². The van der Waals surface area contributed by atoms with Crippen molar-refractivity contribution >= 4 is 23.2 Å². The van der Waals surface area contributed by atoms with Crippen LogP contribution in [0.1, 0.15) is 43.6 Å². The lowest BCUT2D eigenvalue weighted by Gasteiger charge is -2.20. The van der Waals surface area contributed by atoms with Crippen molar-refractivity contribution in [1.29, 1.82) is 0 Å². The van der Waals surface area contributed by atoms with E-state index in [1.54, 1.807) is 12.1 Å². The molecule has 2 atom stereocenters. The summed E-state index contributed by atoms with van der Waals surface area (Å²) in [6, 6.07) is 4.91. The van der Waals surface area contributed by atoms with Crippen molar-refractivity contribution in [2.45, 2.75) is 43.4 Å². The lowest BCUT2D eigenvalue weighted by Crippen LogP contribution is -2.12. The van der Waals surface area contributed by atoms with Crippen molar-refractivity contribution in [3.05, 3.63) is 34.6 Å². The molecule has 0 saturated heterocycles. The van der Waals surface area contributed by atoms with E-state index in [1.165, 1.54) is 12.5 Å². The summed E-state index contributed by atoms with van der Waals surface area (Å²) in [5, 5.41) is 0.499. The fourth-order valence-corrected chi connectivity index (χ4v) is 2.99. The Morgan fingerprint density at radius 1 is 1.12 bits per heavy atom. The van der Waals surface area contributed by atoms with Gasteiger partial charge in [-0.1, -0.05) is 36.9 Å². The highest BCUT2D eigenvalue weighted by molar-refractivity contribution is 6.30. The summed E-state index contributed by atoms with van der Waals surface area (Å²) in [4.78, 5) is 0. The molecule has 2 unspecified atom stereocenters. The van der Waals surface area contributed by atoms with E-state index in [2.05, 4.69) is 0 Å². The van der Waals surface area contributed by atoms with Gasteiger partial charge < -0.3 is 0 Å². The molecule has 0 N–H and O–H groups in total. The van der Waals surface area contributed by atoms with E-state index in [0.29, 0.717) is 5.02 Å². The van der Waals surface area contributed by atoms with Gasteiger partial charge in [0.1, 0.15) is 5.82 Å². The SMILES string of the molecule is Fc1cc(Cl)ccc1C1CCCCCC1Cl. The first-order valence-electron chi connectivity index (χ1n) is 5.77. The Morgan fingerprint density at radius 3 is 2.62 bits per heavy atom. The van der Waals surface area contributed by atoms with Gasteiger partial charge in [0.25, 0.3) is 0 Å². The average molecular weight is 261 g/mol. The predicted molar refractivity (Wildman–Crippen MR) is 66.9 cm³/mol. The third-order valence-corrected chi connectivity index (χ3v) is 4.05. The Labute approximate surface area is 106 Å². The zero-order valence-corrected chi connectivity index (χ0v) is 10.6. The molecule has 0 amide bonds. The van der Waals surface area contributed by atoms with Crippen LogP contribution >= 0.6 is 23.2 Å². The van der Waals surface area contributed by atoms with Crippen LogP contribution in [0.5, 0.6) is 0 Å². The van der Waals surface area contributed by atoms with Crippen LogP contribution in [0.2, 0.25) is 5.02 Å². The van der Waals surface area contributed by atoms with E-state index in [9.17, 15) is 4.39 Å². The van der Waals surface area contributed by atoms with Gasteiger partial charge in [-0.25, -0.2) is 4.39 Å². The molecule has 1 aliphatic rings. The number of benzene rings is 1. The van der Waals surface area contributed by atoms with Crippen molar-refractivity contribution in [3.63, 3.8) is 0 Å². The quantitative estimate of drug-likeness (QED) is 0.485. The van der Waals surface area contributed by atoms with Crippen LogP contribution in [0, 0.1) is 5.82 Å². The molecular formula is C13H15Cl2F. The summed E-state index contributed by atoms with van der Waals surface area (Å²) in [5.74, 6) is -0.0773. The van der Waals surface area contributed by atoms with Crippen LogP contribution in [-0.2, 0) is 0 Å². The van der Waals surface area contributed by atoms with Crippen LogP contribution in [0.4, 0.5) is 4.39 Å². The third-order valence-electron chi connectivity index (χ3n) is 3.29. The number of alkyl halides is 1. The zero-order valence-electron chi connectivity index (χ0n) is 9.06.